The van der Waals surface area contributed by atoms with E-state index in [0.717, 1.165) is 33.3 Å². The van der Waals surface area contributed by atoms with Gasteiger partial charge in [-0.25, -0.2) is 0 Å². The van der Waals surface area contributed by atoms with Crippen molar-refractivity contribution in [3.8, 4) is 11.1 Å². The summed E-state index contributed by atoms with van der Waals surface area (Å²) in [5, 5.41) is 11.3. The van der Waals surface area contributed by atoms with E-state index in [9.17, 15) is 0 Å². The van der Waals surface area contributed by atoms with Gasteiger partial charge in [0.1, 0.15) is 17.3 Å². The molecule has 0 radical (unpaired) electrons. The second-order valence-electron chi connectivity index (χ2n) is 11.0. The van der Waals surface area contributed by atoms with E-state index in [-0.39, 0.29) is 6.17 Å². The summed E-state index contributed by atoms with van der Waals surface area (Å²) in [6, 6.07) is 52.0. The molecule has 1 aliphatic heterocycles. The predicted molar refractivity (Wildman–Crippen MR) is 176 cm³/mol. The molecule has 1 N–H and O–H groups in total. The lowest BCUT2D eigenvalue weighted by molar-refractivity contribution is 0.668. The first kappa shape index (κ1) is 23.2. The molecule has 0 saturated carbocycles. The minimum Gasteiger partial charge on any atom is -0.456 e. The molecule has 0 fully saturated rings. The second kappa shape index (κ2) is 8.98. The molecule has 1 unspecified atom stereocenters. The van der Waals surface area contributed by atoms with E-state index < -0.39 is 0 Å². The fourth-order valence-corrected chi connectivity index (χ4v) is 6.67. The van der Waals surface area contributed by atoms with Gasteiger partial charge in [-0.05, 0) is 69.2 Å². The van der Waals surface area contributed by atoms with Gasteiger partial charge in [-0.15, -0.1) is 0 Å². The third kappa shape index (κ3) is 3.47. The van der Waals surface area contributed by atoms with Crippen molar-refractivity contribution in [2.24, 2.45) is 0 Å². The van der Waals surface area contributed by atoms with Crippen LogP contribution in [0.1, 0.15) is 11.7 Å². The molecule has 1 aromatic heterocycles. The lowest BCUT2D eigenvalue weighted by Crippen LogP contribution is -2.23. The maximum atomic E-state index is 6.17. The van der Waals surface area contributed by atoms with Gasteiger partial charge in [0, 0.05) is 21.8 Å². The smallest absolute Gasteiger partial charge is 0.135 e. The first-order valence-corrected chi connectivity index (χ1v) is 14.4. The summed E-state index contributed by atoms with van der Waals surface area (Å²) in [6.45, 7) is 0. The van der Waals surface area contributed by atoms with E-state index in [4.69, 9.17) is 4.42 Å². The average molecular weight is 539 g/mol. The van der Waals surface area contributed by atoms with Gasteiger partial charge in [0.25, 0.3) is 0 Å². The molecule has 0 saturated heterocycles. The Hall–Kier alpha value is -5.54. The molecular weight excluding hydrogens is 512 g/mol. The highest BCUT2D eigenvalue weighted by Gasteiger charge is 2.33. The number of furan rings is 1. The number of para-hydroxylation sites is 1. The molecule has 42 heavy (non-hydrogen) atoms. The number of hydrogen-bond donors (Lipinski definition) is 1. The topological polar surface area (TPSA) is 28.4 Å². The van der Waals surface area contributed by atoms with Gasteiger partial charge in [0.2, 0.25) is 0 Å². The first-order chi connectivity index (χ1) is 20.8. The fraction of sp³-hybridized carbons (Fsp3) is 0.0256. The number of hydrogen-bond acceptors (Lipinski definition) is 3. The van der Waals surface area contributed by atoms with E-state index in [1.165, 1.54) is 43.9 Å². The Labute approximate surface area is 243 Å². The first-order valence-electron chi connectivity index (χ1n) is 14.4. The van der Waals surface area contributed by atoms with Crippen molar-refractivity contribution in [2.45, 2.75) is 6.17 Å². The normalized spacial score (nSPS) is 14.6. The molecule has 1 atom stereocenters. The molecule has 0 amide bonds. The Morgan fingerprint density at radius 3 is 2.19 bits per heavy atom. The zero-order valence-electron chi connectivity index (χ0n) is 22.8. The summed E-state index contributed by atoms with van der Waals surface area (Å²) in [4.78, 5) is 2.44. The van der Waals surface area contributed by atoms with Crippen LogP contribution in [0, 0.1) is 0 Å². The Bertz CT molecular complexity index is 2300. The van der Waals surface area contributed by atoms with Gasteiger partial charge in [0.15, 0.2) is 0 Å². The summed E-state index contributed by atoms with van der Waals surface area (Å²) < 4.78 is 6.17. The number of fused-ring (bicyclic) bond motifs is 8. The molecule has 3 heteroatoms. The summed E-state index contributed by atoms with van der Waals surface area (Å²) in [5.74, 6) is 0. The zero-order valence-corrected chi connectivity index (χ0v) is 22.8. The van der Waals surface area contributed by atoms with Crippen molar-refractivity contribution in [3.05, 3.63) is 151 Å². The van der Waals surface area contributed by atoms with Crippen LogP contribution in [-0.2, 0) is 0 Å². The highest BCUT2D eigenvalue weighted by molar-refractivity contribution is 6.15. The van der Waals surface area contributed by atoms with Crippen molar-refractivity contribution in [1.29, 1.82) is 0 Å². The molecule has 7 aromatic carbocycles. The Balaban J connectivity index is 1.27. The summed E-state index contributed by atoms with van der Waals surface area (Å²) in [7, 11) is 0. The maximum absolute atomic E-state index is 6.17. The average Bonchev–Trinajstić information content (AvgIpc) is 3.64. The highest BCUT2D eigenvalue weighted by Crippen LogP contribution is 2.50. The Morgan fingerprint density at radius 2 is 1.26 bits per heavy atom. The largest absolute Gasteiger partial charge is 0.456 e. The van der Waals surface area contributed by atoms with Crippen LogP contribution < -0.4 is 10.2 Å². The van der Waals surface area contributed by atoms with Gasteiger partial charge in [-0.1, -0.05) is 109 Å². The van der Waals surface area contributed by atoms with Gasteiger partial charge >= 0.3 is 0 Å². The minimum absolute atomic E-state index is 0.0962. The fourth-order valence-electron chi connectivity index (χ4n) is 6.67. The number of nitrogens with one attached hydrogen (secondary N) is 1. The van der Waals surface area contributed by atoms with Crippen LogP contribution in [-0.4, -0.2) is 0 Å². The van der Waals surface area contributed by atoms with Gasteiger partial charge in [-0.2, -0.15) is 0 Å². The predicted octanol–water partition coefficient (Wildman–Crippen LogP) is 10.8. The lowest BCUT2D eigenvalue weighted by atomic mass is 10.00. The van der Waals surface area contributed by atoms with Crippen LogP contribution in [0.4, 0.5) is 17.1 Å². The van der Waals surface area contributed by atoms with Crippen LogP contribution in [0.2, 0.25) is 0 Å². The molecule has 8 aromatic rings. The molecule has 0 bridgehead atoms. The number of anilines is 3. The van der Waals surface area contributed by atoms with Gasteiger partial charge in [0.05, 0.1) is 11.4 Å². The Morgan fingerprint density at radius 1 is 0.500 bits per heavy atom. The van der Waals surface area contributed by atoms with Crippen LogP contribution in [0.25, 0.3) is 54.6 Å². The monoisotopic (exact) mass is 538 g/mol. The maximum Gasteiger partial charge on any atom is 0.135 e. The molecule has 1 aliphatic rings. The summed E-state index contributed by atoms with van der Waals surface area (Å²) in [6.07, 6.45) is -0.0962. The van der Waals surface area contributed by atoms with Crippen molar-refractivity contribution in [1.82, 2.24) is 0 Å². The highest BCUT2D eigenvalue weighted by atomic mass is 16.3. The third-order valence-electron chi connectivity index (χ3n) is 8.65. The van der Waals surface area contributed by atoms with E-state index >= 15 is 0 Å². The Kier molecular flexibility index (Phi) is 4.96. The van der Waals surface area contributed by atoms with Gasteiger partial charge < -0.3 is 14.6 Å². The zero-order chi connectivity index (χ0) is 27.6. The van der Waals surface area contributed by atoms with Crippen LogP contribution in [0.3, 0.4) is 0 Å². The lowest BCUT2D eigenvalue weighted by Gasteiger charge is -2.28. The second-order valence-corrected chi connectivity index (χ2v) is 11.0. The van der Waals surface area contributed by atoms with E-state index in [0.29, 0.717) is 0 Å². The standard InChI is InChI=1S/C39H26N2O/c1-2-9-25(10-3-1)27-12-8-13-29(23-27)41-35-21-20-31-30-14-5-4-11-26(30)17-19-33(31)38(35)40-39(41)28-18-22-37-34(24-28)32-15-6-7-16-36(32)42-37/h1-24,39-40H. The SMILES string of the molecule is c1ccc(-c2cccc(N3c4ccc5c(ccc6ccccc65)c4NC3c3ccc4oc5ccccc5c4c3)c2)cc1. The van der Waals surface area contributed by atoms with Crippen molar-refractivity contribution in [3.63, 3.8) is 0 Å². The van der Waals surface area contributed by atoms with Crippen LogP contribution >= 0.6 is 0 Å². The number of nitrogens with zero attached hydrogens (tertiary/aromatic N) is 1. The number of benzene rings is 7. The molecule has 9 rings (SSSR count). The van der Waals surface area contributed by atoms with E-state index in [1.807, 2.05) is 12.1 Å². The summed E-state index contributed by atoms with van der Waals surface area (Å²) in [5.41, 5.74) is 8.88. The minimum atomic E-state index is -0.0962. The summed E-state index contributed by atoms with van der Waals surface area (Å²) >= 11 is 0. The van der Waals surface area contributed by atoms with E-state index in [1.54, 1.807) is 0 Å². The molecule has 3 nitrogen and oxygen atoms in total. The van der Waals surface area contributed by atoms with Crippen molar-refractivity contribution < 1.29 is 4.42 Å². The molecule has 0 spiro atoms. The van der Waals surface area contributed by atoms with Crippen molar-refractivity contribution in [2.75, 3.05) is 10.2 Å². The van der Waals surface area contributed by atoms with Crippen molar-refractivity contribution >= 4 is 60.5 Å². The third-order valence-corrected chi connectivity index (χ3v) is 8.65. The van der Waals surface area contributed by atoms with Crippen LogP contribution in [0.15, 0.2) is 150 Å². The number of rotatable bonds is 3. The molecule has 0 aliphatic carbocycles. The quantitative estimate of drug-likeness (QED) is 0.227. The van der Waals surface area contributed by atoms with Crippen LogP contribution in [0.5, 0.6) is 0 Å². The molecular formula is C39H26N2O. The molecule has 198 valence electrons. The molecule has 2 heterocycles. The van der Waals surface area contributed by atoms with E-state index in [2.05, 4.69) is 144 Å². The van der Waals surface area contributed by atoms with Gasteiger partial charge in [-0.3, -0.25) is 0 Å².